The van der Waals surface area contributed by atoms with Gasteiger partial charge in [0.15, 0.2) is 0 Å². The molecule has 126 valence electrons. The molecule has 3 rings (SSSR count). The average Bonchev–Trinajstić information content (AvgIpc) is 2.87. The standard InChI is InChI=1S/C15H15BFNO5S/c1-9-5-11(22-2)3-4-15(9)24(20,21)18-14-7-12-10(6-13(14)17)8-23-16(12)19/h3-7,18-19H,8H2,1-2H3. The lowest BCUT2D eigenvalue weighted by molar-refractivity contribution is 0.275. The quantitative estimate of drug-likeness (QED) is 0.808. The lowest BCUT2D eigenvalue weighted by Crippen LogP contribution is -2.29. The van der Waals surface area contributed by atoms with Gasteiger partial charge in [-0.15, -0.1) is 0 Å². The van der Waals surface area contributed by atoms with E-state index in [-0.39, 0.29) is 17.2 Å². The minimum absolute atomic E-state index is 0.0139. The van der Waals surface area contributed by atoms with Crippen LogP contribution in [0.5, 0.6) is 5.75 Å². The van der Waals surface area contributed by atoms with Gasteiger partial charge in [0.25, 0.3) is 10.0 Å². The summed E-state index contributed by atoms with van der Waals surface area (Å²) >= 11 is 0. The molecule has 2 N–H and O–H groups in total. The highest BCUT2D eigenvalue weighted by molar-refractivity contribution is 7.92. The second-order valence-corrected chi connectivity index (χ2v) is 7.08. The Bertz CT molecular complexity index is 903. The van der Waals surface area contributed by atoms with E-state index in [1.165, 1.54) is 25.3 Å². The van der Waals surface area contributed by atoms with Crippen LogP contribution in [-0.4, -0.2) is 27.7 Å². The predicted molar refractivity (Wildman–Crippen MR) is 87.3 cm³/mol. The van der Waals surface area contributed by atoms with Crippen molar-refractivity contribution in [3.05, 3.63) is 47.3 Å². The highest BCUT2D eigenvalue weighted by Crippen LogP contribution is 2.25. The maximum absolute atomic E-state index is 14.2. The Kier molecular flexibility index (Phi) is 4.24. The van der Waals surface area contributed by atoms with Crippen LogP contribution in [0.25, 0.3) is 0 Å². The van der Waals surface area contributed by atoms with E-state index in [0.717, 1.165) is 6.07 Å². The third-order valence-electron chi connectivity index (χ3n) is 3.81. The molecule has 0 unspecified atom stereocenters. The molecule has 24 heavy (non-hydrogen) atoms. The zero-order valence-corrected chi connectivity index (χ0v) is 13.9. The van der Waals surface area contributed by atoms with Crippen LogP contribution >= 0.6 is 0 Å². The molecule has 0 spiro atoms. The number of hydrogen-bond donors (Lipinski definition) is 2. The van der Waals surface area contributed by atoms with Crippen molar-refractivity contribution < 1.29 is 27.2 Å². The highest BCUT2D eigenvalue weighted by Gasteiger charge is 2.30. The zero-order chi connectivity index (χ0) is 17.5. The van der Waals surface area contributed by atoms with E-state index >= 15 is 0 Å². The average molecular weight is 351 g/mol. The van der Waals surface area contributed by atoms with Gasteiger partial charge in [0.2, 0.25) is 0 Å². The molecule has 0 fully saturated rings. The number of benzene rings is 2. The summed E-state index contributed by atoms with van der Waals surface area (Å²) in [6.07, 6.45) is 0. The van der Waals surface area contributed by atoms with Crippen LogP contribution in [0.1, 0.15) is 11.1 Å². The van der Waals surface area contributed by atoms with E-state index in [0.29, 0.717) is 22.3 Å². The SMILES string of the molecule is COc1ccc(S(=O)(=O)Nc2cc3c(cc2F)COB3O)c(C)c1. The van der Waals surface area contributed by atoms with Crippen LogP contribution in [0.4, 0.5) is 10.1 Å². The number of halogens is 1. The summed E-state index contributed by atoms with van der Waals surface area (Å²) in [7, 11) is -3.70. The summed E-state index contributed by atoms with van der Waals surface area (Å²) in [6.45, 7) is 1.70. The topological polar surface area (TPSA) is 84.9 Å². The number of methoxy groups -OCH3 is 1. The van der Waals surface area contributed by atoms with Gasteiger partial charge in [-0.25, -0.2) is 12.8 Å². The van der Waals surface area contributed by atoms with Crippen LogP contribution in [0, 0.1) is 12.7 Å². The third kappa shape index (κ3) is 2.97. The number of nitrogens with one attached hydrogen (secondary N) is 1. The lowest BCUT2D eigenvalue weighted by atomic mass is 9.79. The molecular formula is C15H15BFNO5S. The van der Waals surface area contributed by atoms with Gasteiger partial charge in [0.05, 0.1) is 24.3 Å². The van der Waals surface area contributed by atoms with Crippen molar-refractivity contribution in [1.82, 2.24) is 0 Å². The van der Waals surface area contributed by atoms with Crippen molar-refractivity contribution in [1.29, 1.82) is 0 Å². The molecule has 0 aliphatic carbocycles. The number of fused-ring (bicyclic) bond motifs is 1. The molecule has 1 heterocycles. The van der Waals surface area contributed by atoms with Gasteiger partial charge < -0.3 is 14.4 Å². The molecule has 0 saturated carbocycles. The number of ether oxygens (including phenoxy) is 1. The van der Waals surface area contributed by atoms with Crippen molar-refractivity contribution in [3.8, 4) is 5.75 Å². The van der Waals surface area contributed by atoms with Crippen molar-refractivity contribution in [3.63, 3.8) is 0 Å². The predicted octanol–water partition coefficient (Wildman–Crippen LogP) is 1.16. The number of rotatable bonds is 4. The summed E-state index contributed by atoms with van der Waals surface area (Å²) in [6, 6.07) is 6.88. The van der Waals surface area contributed by atoms with Gasteiger partial charge >= 0.3 is 7.12 Å². The van der Waals surface area contributed by atoms with E-state index < -0.39 is 23.0 Å². The van der Waals surface area contributed by atoms with Crippen molar-refractivity contribution in [2.24, 2.45) is 0 Å². The number of sulfonamides is 1. The molecule has 0 radical (unpaired) electrons. The first-order valence-electron chi connectivity index (χ1n) is 7.11. The summed E-state index contributed by atoms with van der Waals surface area (Å²) < 4.78 is 51.5. The summed E-state index contributed by atoms with van der Waals surface area (Å²) in [4.78, 5) is 0.0139. The largest absolute Gasteiger partial charge is 0.497 e. The van der Waals surface area contributed by atoms with Crippen LogP contribution < -0.4 is 14.9 Å². The van der Waals surface area contributed by atoms with E-state index in [2.05, 4.69) is 4.72 Å². The lowest BCUT2D eigenvalue weighted by Gasteiger charge is -2.13. The molecule has 1 aliphatic rings. The molecule has 0 atom stereocenters. The first kappa shape index (κ1) is 16.8. The van der Waals surface area contributed by atoms with E-state index in [1.807, 2.05) is 0 Å². The molecule has 9 heteroatoms. The molecule has 2 aromatic rings. The molecule has 0 saturated heterocycles. The molecule has 0 bridgehead atoms. The van der Waals surface area contributed by atoms with Gasteiger partial charge in [-0.2, -0.15) is 0 Å². The fourth-order valence-electron chi connectivity index (χ4n) is 2.57. The van der Waals surface area contributed by atoms with Gasteiger partial charge in [0, 0.05) is 0 Å². The Hall–Kier alpha value is -2.10. The normalized spacial score (nSPS) is 13.8. The Morgan fingerprint density at radius 2 is 2.08 bits per heavy atom. The van der Waals surface area contributed by atoms with Crippen LogP contribution in [0.15, 0.2) is 35.2 Å². The Morgan fingerprint density at radius 3 is 2.75 bits per heavy atom. The molecule has 0 amide bonds. The zero-order valence-electron chi connectivity index (χ0n) is 13.0. The second-order valence-electron chi connectivity index (χ2n) is 5.43. The smallest absolute Gasteiger partial charge is 0.491 e. The monoisotopic (exact) mass is 351 g/mol. The Labute approximate surface area is 139 Å². The highest BCUT2D eigenvalue weighted by atomic mass is 32.2. The first-order chi connectivity index (χ1) is 11.3. The fraction of sp³-hybridized carbons (Fsp3) is 0.200. The summed E-state index contributed by atoms with van der Waals surface area (Å²) in [5, 5.41) is 9.68. The van der Waals surface area contributed by atoms with Gasteiger partial charge in [-0.3, -0.25) is 4.72 Å². The second kappa shape index (κ2) is 6.08. The maximum atomic E-state index is 14.2. The fourth-order valence-corrected chi connectivity index (χ4v) is 3.86. The van der Waals surface area contributed by atoms with Crippen LogP contribution in [0.3, 0.4) is 0 Å². The molecule has 0 aromatic heterocycles. The minimum atomic E-state index is -3.99. The van der Waals surface area contributed by atoms with Crippen molar-refractivity contribution in [2.75, 3.05) is 11.8 Å². The van der Waals surface area contributed by atoms with Crippen molar-refractivity contribution in [2.45, 2.75) is 18.4 Å². The summed E-state index contributed by atoms with van der Waals surface area (Å²) in [5.41, 5.74) is 1.06. The molecule has 6 nitrogen and oxygen atoms in total. The number of aryl methyl sites for hydroxylation is 1. The van der Waals surface area contributed by atoms with Gasteiger partial charge in [-0.05, 0) is 53.8 Å². The van der Waals surface area contributed by atoms with Gasteiger partial charge in [-0.1, -0.05) is 0 Å². The van der Waals surface area contributed by atoms with E-state index in [9.17, 15) is 17.8 Å². The van der Waals surface area contributed by atoms with Crippen LogP contribution in [0.2, 0.25) is 0 Å². The van der Waals surface area contributed by atoms with E-state index in [4.69, 9.17) is 9.39 Å². The number of anilines is 1. The minimum Gasteiger partial charge on any atom is -0.497 e. The first-order valence-corrected chi connectivity index (χ1v) is 8.59. The Balaban J connectivity index is 1.97. The van der Waals surface area contributed by atoms with Crippen molar-refractivity contribution >= 4 is 28.3 Å². The molecular weight excluding hydrogens is 336 g/mol. The molecule has 2 aromatic carbocycles. The third-order valence-corrected chi connectivity index (χ3v) is 5.33. The Morgan fingerprint density at radius 1 is 1.33 bits per heavy atom. The van der Waals surface area contributed by atoms with Gasteiger partial charge in [0.1, 0.15) is 11.6 Å². The molecule has 1 aliphatic heterocycles. The van der Waals surface area contributed by atoms with Crippen LogP contribution in [-0.2, 0) is 21.3 Å². The number of hydrogen-bond acceptors (Lipinski definition) is 5. The van der Waals surface area contributed by atoms with E-state index in [1.54, 1.807) is 13.0 Å². The maximum Gasteiger partial charge on any atom is 0.491 e. The summed E-state index contributed by atoms with van der Waals surface area (Å²) in [5.74, 6) is -0.211.